The van der Waals surface area contributed by atoms with Crippen LogP contribution in [0.4, 0.5) is 17.6 Å². The number of hydrogen-bond donors (Lipinski definition) is 1. The van der Waals surface area contributed by atoms with E-state index in [-0.39, 0.29) is 6.42 Å². The summed E-state index contributed by atoms with van der Waals surface area (Å²) in [5.74, 6) is -0.806. The van der Waals surface area contributed by atoms with Crippen LogP contribution in [-0.2, 0) is 12.6 Å². The third kappa shape index (κ3) is 3.59. The van der Waals surface area contributed by atoms with Crippen LogP contribution < -0.4 is 0 Å². The van der Waals surface area contributed by atoms with Crippen molar-refractivity contribution in [3.05, 3.63) is 55.9 Å². The minimum atomic E-state index is -4.62. The van der Waals surface area contributed by atoms with Crippen LogP contribution in [0.5, 0.6) is 0 Å². The number of aliphatic hydroxyl groups excluding tert-OH is 1. The molecule has 0 spiro atoms. The average Bonchev–Trinajstić information content (AvgIpc) is 2.73. The number of alkyl halides is 3. The molecule has 0 aliphatic rings. The molecule has 0 aliphatic carbocycles. The lowest BCUT2D eigenvalue weighted by molar-refractivity contribution is -0.139. The quantitative estimate of drug-likeness (QED) is 0.760. The number of aliphatic hydroxyl groups is 1. The Kier molecular flexibility index (Phi) is 4.51. The molecule has 0 bridgehead atoms. The van der Waals surface area contributed by atoms with Gasteiger partial charge in [0.1, 0.15) is 5.82 Å². The van der Waals surface area contributed by atoms with Gasteiger partial charge in [-0.2, -0.15) is 13.2 Å². The molecule has 2 rings (SSSR count). The molecule has 0 fully saturated rings. The third-order valence-corrected chi connectivity index (χ3v) is 4.41. The molecular weight excluding hydrogens is 360 g/mol. The molecule has 1 nitrogen and oxygen atoms in total. The van der Waals surface area contributed by atoms with E-state index in [1.807, 2.05) is 0 Å². The zero-order chi connectivity index (χ0) is 14.9. The van der Waals surface area contributed by atoms with Crippen molar-refractivity contribution in [2.75, 3.05) is 0 Å². The molecule has 0 saturated carbocycles. The molecule has 0 saturated heterocycles. The predicted octanol–water partition coefficient (Wildman–Crippen LogP) is 4.94. The first kappa shape index (κ1) is 15.5. The normalized spacial score (nSPS) is 13.5. The van der Waals surface area contributed by atoms with Crippen LogP contribution in [0.2, 0.25) is 0 Å². The molecule has 1 heterocycles. The van der Waals surface area contributed by atoms with E-state index in [4.69, 9.17) is 0 Å². The standard InChI is InChI=1S/C13H9BrF4OS/c14-7-3-9(20-6-7)5-12(19)10-4-8(15)1-2-11(10)13(16,17)18/h1-4,6,12,19H,5H2. The number of benzene rings is 1. The van der Waals surface area contributed by atoms with Crippen molar-refractivity contribution in [1.82, 2.24) is 0 Å². The molecule has 0 amide bonds. The average molecular weight is 369 g/mol. The monoisotopic (exact) mass is 368 g/mol. The molecule has 108 valence electrons. The van der Waals surface area contributed by atoms with Crippen LogP contribution in [0.25, 0.3) is 0 Å². The Bertz CT molecular complexity index is 609. The van der Waals surface area contributed by atoms with E-state index in [0.717, 1.165) is 16.6 Å². The highest BCUT2D eigenvalue weighted by Gasteiger charge is 2.35. The Morgan fingerprint density at radius 3 is 2.50 bits per heavy atom. The van der Waals surface area contributed by atoms with Gasteiger partial charge in [-0.05, 0) is 45.8 Å². The Morgan fingerprint density at radius 2 is 1.95 bits per heavy atom. The van der Waals surface area contributed by atoms with Gasteiger partial charge in [-0.3, -0.25) is 0 Å². The maximum Gasteiger partial charge on any atom is 0.416 e. The number of thiophene rings is 1. The summed E-state index contributed by atoms with van der Waals surface area (Å²) in [7, 11) is 0. The minimum absolute atomic E-state index is 0.00278. The van der Waals surface area contributed by atoms with Gasteiger partial charge in [-0.25, -0.2) is 4.39 Å². The second kappa shape index (κ2) is 5.83. The van der Waals surface area contributed by atoms with Crippen LogP contribution in [0.1, 0.15) is 22.1 Å². The lowest BCUT2D eigenvalue weighted by Crippen LogP contribution is -2.13. The van der Waals surface area contributed by atoms with Crippen molar-refractivity contribution >= 4 is 27.3 Å². The summed E-state index contributed by atoms with van der Waals surface area (Å²) in [6, 6.07) is 3.83. The molecule has 1 aromatic heterocycles. The predicted molar refractivity (Wildman–Crippen MR) is 72.1 cm³/mol. The molecule has 1 atom stereocenters. The highest BCUT2D eigenvalue weighted by atomic mass is 79.9. The van der Waals surface area contributed by atoms with Crippen LogP contribution in [0, 0.1) is 5.82 Å². The fourth-order valence-corrected chi connectivity index (χ4v) is 3.32. The molecular formula is C13H9BrF4OS. The molecule has 0 radical (unpaired) electrons. The number of hydrogen-bond acceptors (Lipinski definition) is 2. The summed E-state index contributed by atoms with van der Waals surface area (Å²) in [6.45, 7) is 0. The van der Waals surface area contributed by atoms with E-state index in [0.29, 0.717) is 10.9 Å². The fraction of sp³-hybridized carbons (Fsp3) is 0.231. The van der Waals surface area contributed by atoms with Gasteiger partial charge < -0.3 is 5.11 Å². The van der Waals surface area contributed by atoms with Crippen molar-refractivity contribution in [1.29, 1.82) is 0 Å². The van der Waals surface area contributed by atoms with E-state index in [9.17, 15) is 22.7 Å². The highest BCUT2D eigenvalue weighted by molar-refractivity contribution is 9.10. The van der Waals surface area contributed by atoms with E-state index in [1.54, 1.807) is 11.4 Å². The van der Waals surface area contributed by atoms with Gasteiger partial charge in [-0.1, -0.05) is 0 Å². The molecule has 1 unspecified atom stereocenters. The highest BCUT2D eigenvalue weighted by Crippen LogP contribution is 2.36. The lowest BCUT2D eigenvalue weighted by atomic mass is 9.99. The molecule has 20 heavy (non-hydrogen) atoms. The maximum absolute atomic E-state index is 13.2. The Balaban J connectivity index is 2.33. The topological polar surface area (TPSA) is 20.2 Å². The van der Waals surface area contributed by atoms with Gasteiger partial charge >= 0.3 is 6.18 Å². The van der Waals surface area contributed by atoms with Crippen LogP contribution >= 0.6 is 27.3 Å². The zero-order valence-corrected chi connectivity index (χ0v) is 12.3. The van der Waals surface area contributed by atoms with Crippen LogP contribution in [0.15, 0.2) is 34.1 Å². The molecule has 0 aliphatic heterocycles. The zero-order valence-electron chi connectivity index (χ0n) is 9.92. The van der Waals surface area contributed by atoms with Gasteiger partial charge in [-0.15, -0.1) is 11.3 Å². The summed E-state index contributed by atoms with van der Waals surface area (Å²) in [4.78, 5) is 0.710. The summed E-state index contributed by atoms with van der Waals surface area (Å²) < 4.78 is 52.5. The smallest absolute Gasteiger partial charge is 0.388 e. The SMILES string of the molecule is OC(Cc1cc(Br)cs1)c1cc(F)ccc1C(F)(F)F. The second-order valence-electron chi connectivity index (χ2n) is 4.18. The summed E-state index contributed by atoms with van der Waals surface area (Å²) in [6.07, 6.45) is -6.03. The first-order chi connectivity index (χ1) is 9.27. The van der Waals surface area contributed by atoms with E-state index in [2.05, 4.69) is 15.9 Å². The number of rotatable bonds is 3. The fourth-order valence-electron chi connectivity index (χ4n) is 1.83. The van der Waals surface area contributed by atoms with E-state index < -0.39 is 29.2 Å². The summed E-state index contributed by atoms with van der Waals surface area (Å²) in [5, 5.41) is 11.7. The maximum atomic E-state index is 13.2. The van der Waals surface area contributed by atoms with Crippen molar-refractivity contribution in [2.24, 2.45) is 0 Å². The van der Waals surface area contributed by atoms with Crippen LogP contribution in [0.3, 0.4) is 0 Å². The summed E-state index contributed by atoms with van der Waals surface area (Å²) in [5.41, 5.74) is -1.45. The van der Waals surface area contributed by atoms with Crippen molar-refractivity contribution in [3.63, 3.8) is 0 Å². The van der Waals surface area contributed by atoms with E-state index in [1.165, 1.54) is 11.3 Å². The molecule has 2 aromatic rings. The van der Waals surface area contributed by atoms with Crippen molar-refractivity contribution in [2.45, 2.75) is 18.7 Å². The van der Waals surface area contributed by atoms with Gasteiger partial charge in [0.15, 0.2) is 0 Å². The second-order valence-corrected chi connectivity index (χ2v) is 6.09. The number of halogens is 5. The Hall–Kier alpha value is -0.920. The van der Waals surface area contributed by atoms with Crippen molar-refractivity contribution < 1.29 is 22.7 Å². The van der Waals surface area contributed by atoms with E-state index >= 15 is 0 Å². The molecule has 7 heteroatoms. The third-order valence-electron chi connectivity index (χ3n) is 2.69. The van der Waals surface area contributed by atoms with Gasteiger partial charge in [0.25, 0.3) is 0 Å². The summed E-state index contributed by atoms with van der Waals surface area (Å²) >= 11 is 4.53. The lowest BCUT2D eigenvalue weighted by Gasteiger charge is -2.17. The largest absolute Gasteiger partial charge is 0.416 e. The molecule has 1 N–H and O–H groups in total. The van der Waals surface area contributed by atoms with Gasteiger partial charge in [0.2, 0.25) is 0 Å². The van der Waals surface area contributed by atoms with Crippen LogP contribution in [-0.4, -0.2) is 5.11 Å². The van der Waals surface area contributed by atoms with Gasteiger partial charge in [0.05, 0.1) is 11.7 Å². The minimum Gasteiger partial charge on any atom is -0.388 e. The first-order valence-electron chi connectivity index (χ1n) is 5.55. The molecule has 1 aromatic carbocycles. The van der Waals surface area contributed by atoms with Gasteiger partial charge in [0, 0.05) is 21.2 Å². The van der Waals surface area contributed by atoms with Crippen molar-refractivity contribution in [3.8, 4) is 0 Å². The first-order valence-corrected chi connectivity index (χ1v) is 7.22. The Morgan fingerprint density at radius 1 is 1.25 bits per heavy atom. The Labute approximate surface area is 125 Å².